The van der Waals surface area contributed by atoms with Gasteiger partial charge in [0.1, 0.15) is 17.3 Å². The molecule has 0 unspecified atom stereocenters. The van der Waals surface area contributed by atoms with Crippen LogP contribution in [0, 0.1) is 21.7 Å². The van der Waals surface area contributed by atoms with Crippen LogP contribution in [0.3, 0.4) is 0 Å². The topological polar surface area (TPSA) is 85.1 Å². The minimum atomic E-state index is -0.828. The van der Waals surface area contributed by atoms with Crippen molar-refractivity contribution in [3.63, 3.8) is 0 Å². The third kappa shape index (κ3) is 3.90. The number of nitrogens with one attached hydrogen (secondary N) is 1. The van der Waals surface area contributed by atoms with Crippen molar-refractivity contribution in [1.29, 1.82) is 0 Å². The maximum absolute atomic E-state index is 14.4. The van der Waals surface area contributed by atoms with Gasteiger partial charge < -0.3 is 5.32 Å². The van der Waals surface area contributed by atoms with E-state index in [9.17, 15) is 23.7 Å². The van der Waals surface area contributed by atoms with Crippen LogP contribution >= 0.6 is 11.6 Å². The lowest BCUT2D eigenvalue weighted by Gasteiger charge is -2.09. The Balaban J connectivity index is 1.90. The average molecular weight is 390 g/mol. The summed E-state index contributed by atoms with van der Waals surface area (Å²) in [6.07, 6.45) is 1.45. The Bertz CT molecular complexity index is 1060. The van der Waals surface area contributed by atoms with Gasteiger partial charge in [0, 0.05) is 17.3 Å². The molecule has 0 aliphatic carbocycles. The summed E-state index contributed by atoms with van der Waals surface area (Å²) in [5, 5.41) is 13.5. The minimum Gasteiger partial charge on any atom is -0.316 e. The lowest BCUT2D eigenvalue weighted by atomic mass is 10.1. The van der Waals surface area contributed by atoms with Crippen LogP contribution in [0.15, 0.2) is 54.7 Å². The average Bonchev–Trinajstić information content (AvgIpc) is 2.63. The first kappa shape index (κ1) is 18.4. The molecule has 1 heterocycles. The van der Waals surface area contributed by atoms with Gasteiger partial charge in [0.15, 0.2) is 0 Å². The highest BCUT2D eigenvalue weighted by atomic mass is 35.5. The van der Waals surface area contributed by atoms with E-state index >= 15 is 0 Å². The number of pyridine rings is 1. The van der Waals surface area contributed by atoms with Crippen molar-refractivity contribution >= 4 is 28.9 Å². The predicted molar refractivity (Wildman–Crippen MR) is 95.6 cm³/mol. The molecule has 3 aromatic rings. The predicted octanol–water partition coefficient (Wildman–Crippen LogP) is 4.84. The summed E-state index contributed by atoms with van der Waals surface area (Å²) >= 11 is 6.00. The van der Waals surface area contributed by atoms with Gasteiger partial charge in [0.25, 0.3) is 11.6 Å². The maximum Gasteiger partial charge on any atom is 0.295 e. The molecule has 136 valence electrons. The number of nitro groups is 1. The number of aromatic nitrogens is 1. The molecule has 0 fully saturated rings. The normalized spacial score (nSPS) is 10.5. The number of benzene rings is 2. The van der Waals surface area contributed by atoms with E-state index < -0.39 is 28.2 Å². The zero-order valence-electron chi connectivity index (χ0n) is 13.4. The van der Waals surface area contributed by atoms with Crippen LogP contribution in [0.1, 0.15) is 10.4 Å². The summed E-state index contributed by atoms with van der Waals surface area (Å²) in [6, 6.07) is 9.48. The van der Waals surface area contributed by atoms with Crippen molar-refractivity contribution in [2.75, 3.05) is 5.32 Å². The van der Waals surface area contributed by atoms with Crippen molar-refractivity contribution in [2.45, 2.75) is 0 Å². The molecule has 0 radical (unpaired) electrons. The second-order valence-electron chi connectivity index (χ2n) is 5.40. The summed E-state index contributed by atoms with van der Waals surface area (Å²) in [7, 11) is 0. The fourth-order valence-electron chi connectivity index (χ4n) is 2.39. The van der Waals surface area contributed by atoms with E-state index in [1.54, 1.807) is 12.1 Å². The number of hydrogen-bond acceptors (Lipinski definition) is 4. The number of rotatable bonds is 4. The lowest BCUT2D eigenvalue weighted by molar-refractivity contribution is -0.384. The molecule has 0 saturated heterocycles. The van der Waals surface area contributed by atoms with Crippen molar-refractivity contribution in [1.82, 2.24) is 4.98 Å². The molecule has 0 bridgehead atoms. The van der Waals surface area contributed by atoms with Gasteiger partial charge in [-0.15, -0.1) is 0 Å². The molecule has 0 aliphatic rings. The molecular formula is C18H10ClF2N3O3. The standard InChI is InChI=1S/C18H10ClF2N3O3/c19-13-2-1-7-22-17(13)12-5-3-10(8-14(12)21)18(25)23-15-6-4-11(20)9-16(15)24(26)27/h1-9H,(H,23,25). The SMILES string of the molecule is O=C(Nc1ccc(F)cc1[N+](=O)[O-])c1ccc(-c2ncccc2Cl)c(F)c1. The Labute approximate surface area is 156 Å². The van der Waals surface area contributed by atoms with Crippen LogP contribution in [-0.2, 0) is 0 Å². The zero-order valence-corrected chi connectivity index (χ0v) is 14.2. The first-order valence-corrected chi connectivity index (χ1v) is 7.90. The number of nitrogens with zero attached hydrogens (tertiary/aromatic N) is 2. The number of hydrogen-bond donors (Lipinski definition) is 1. The first-order chi connectivity index (χ1) is 12.9. The summed E-state index contributed by atoms with van der Waals surface area (Å²) in [6.45, 7) is 0. The Hall–Kier alpha value is -3.39. The van der Waals surface area contributed by atoms with Crippen molar-refractivity contribution < 1.29 is 18.5 Å². The van der Waals surface area contributed by atoms with Gasteiger partial charge >= 0.3 is 0 Å². The summed E-state index contributed by atoms with van der Waals surface area (Å²) in [5.74, 6) is -2.35. The summed E-state index contributed by atoms with van der Waals surface area (Å²) in [4.78, 5) is 26.5. The third-order valence-corrected chi connectivity index (χ3v) is 3.95. The zero-order chi connectivity index (χ0) is 19.6. The third-order valence-electron chi connectivity index (χ3n) is 3.65. The highest BCUT2D eigenvalue weighted by Gasteiger charge is 2.19. The second kappa shape index (κ2) is 7.46. The molecule has 1 amide bonds. The number of nitro benzene ring substituents is 1. The Morgan fingerprint density at radius 3 is 2.59 bits per heavy atom. The highest BCUT2D eigenvalue weighted by molar-refractivity contribution is 6.33. The van der Waals surface area contributed by atoms with Gasteiger partial charge in [0.05, 0.1) is 21.7 Å². The fourth-order valence-corrected chi connectivity index (χ4v) is 2.61. The van der Waals surface area contributed by atoms with Crippen LogP contribution in [0.5, 0.6) is 0 Å². The maximum atomic E-state index is 14.4. The Morgan fingerprint density at radius 1 is 1.15 bits per heavy atom. The largest absolute Gasteiger partial charge is 0.316 e. The molecule has 3 rings (SSSR count). The van der Waals surface area contributed by atoms with Crippen molar-refractivity contribution in [2.24, 2.45) is 0 Å². The molecule has 0 aliphatic heterocycles. The minimum absolute atomic E-state index is 0.0815. The van der Waals surface area contributed by atoms with Crippen LogP contribution in [0.25, 0.3) is 11.3 Å². The van der Waals surface area contributed by atoms with Crippen LogP contribution in [-0.4, -0.2) is 15.8 Å². The van der Waals surface area contributed by atoms with Crippen molar-refractivity contribution in [3.8, 4) is 11.3 Å². The van der Waals surface area contributed by atoms with E-state index in [1.807, 2.05) is 0 Å². The fraction of sp³-hybridized carbons (Fsp3) is 0. The summed E-state index contributed by atoms with van der Waals surface area (Å²) in [5.41, 5.74) is -0.575. The summed E-state index contributed by atoms with van der Waals surface area (Å²) < 4.78 is 27.6. The second-order valence-corrected chi connectivity index (χ2v) is 5.81. The molecule has 1 aromatic heterocycles. The van der Waals surface area contributed by atoms with Crippen LogP contribution < -0.4 is 5.32 Å². The van der Waals surface area contributed by atoms with Gasteiger partial charge in [-0.2, -0.15) is 0 Å². The van der Waals surface area contributed by atoms with E-state index in [4.69, 9.17) is 11.6 Å². The van der Waals surface area contributed by atoms with E-state index in [1.165, 1.54) is 18.3 Å². The van der Waals surface area contributed by atoms with E-state index in [-0.39, 0.29) is 27.5 Å². The molecule has 2 aromatic carbocycles. The molecule has 0 saturated carbocycles. The molecule has 9 heteroatoms. The molecular weight excluding hydrogens is 380 g/mol. The number of halogens is 3. The number of anilines is 1. The Kier molecular flexibility index (Phi) is 5.09. The van der Waals surface area contributed by atoms with E-state index in [2.05, 4.69) is 10.3 Å². The van der Waals surface area contributed by atoms with Gasteiger partial charge in [-0.05, 0) is 42.5 Å². The molecule has 27 heavy (non-hydrogen) atoms. The molecule has 1 N–H and O–H groups in total. The number of amides is 1. The monoisotopic (exact) mass is 389 g/mol. The first-order valence-electron chi connectivity index (χ1n) is 7.52. The van der Waals surface area contributed by atoms with Gasteiger partial charge in [-0.25, -0.2) is 8.78 Å². The van der Waals surface area contributed by atoms with E-state index in [0.29, 0.717) is 6.07 Å². The molecule has 0 atom stereocenters. The Morgan fingerprint density at radius 2 is 1.93 bits per heavy atom. The number of carbonyl (C=O) groups excluding carboxylic acids is 1. The van der Waals surface area contributed by atoms with Crippen LogP contribution in [0.4, 0.5) is 20.2 Å². The smallest absolute Gasteiger partial charge is 0.295 e. The van der Waals surface area contributed by atoms with Crippen LogP contribution in [0.2, 0.25) is 5.02 Å². The molecule has 6 nitrogen and oxygen atoms in total. The van der Waals surface area contributed by atoms with Crippen molar-refractivity contribution in [3.05, 3.63) is 87.1 Å². The van der Waals surface area contributed by atoms with Gasteiger partial charge in [-0.3, -0.25) is 19.9 Å². The highest BCUT2D eigenvalue weighted by Crippen LogP contribution is 2.29. The van der Waals surface area contributed by atoms with Gasteiger partial charge in [0.2, 0.25) is 0 Å². The van der Waals surface area contributed by atoms with E-state index in [0.717, 1.165) is 18.2 Å². The van der Waals surface area contributed by atoms with Gasteiger partial charge in [-0.1, -0.05) is 11.6 Å². The molecule has 0 spiro atoms. The number of carbonyl (C=O) groups is 1. The quantitative estimate of drug-likeness (QED) is 0.511. The lowest BCUT2D eigenvalue weighted by Crippen LogP contribution is -2.13.